The quantitative estimate of drug-likeness (QED) is 0.363. The topological polar surface area (TPSA) is 55.8 Å². The van der Waals surface area contributed by atoms with Gasteiger partial charge < -0.3 is 14.4 Å². The van der Waals surface area contributed by atoms with E-state index in [0.29, 0.717) is 24.5 Å². The first-order valence-electron chi connectivity index (χ1n) is 10.9. The maximum atomic E-state index is 13.1. The number of carbonyl (C=O) groups excluding carboxylic acids is 2. The lowest BCUT2D eigenvalue weighted by Gasteiger charge is -2.29. The van der Waals surface area contributed by atoms with E-state index in [1.165, 1.54) is 0 Å². The van der Waals surface area contributed by atoms with Crippen LogP contribution in [-0.2, 0) is 14.3 Å². The van der Waals surface area contributed by atoms with Gasteiger partial charge in [-0.15, -0.1) is 11.8 Å². The van der Waals surface area contributed by atoms with Crippen LogP contribution in [0.5, 0.6) is 11.5 Å². The average Bonchev–Trinajstić information content (AvgIpc) is 3.20. The van der Waals surface area contributed by atoms with Crippen LogP contribution in [0.4, 0.5) is 0 Å². The third-order valence-electron chi connectivity index (χ3n) is 5.01. The van der Waals surface area contributed by atoms with Gasteiger partial charge in [-0.05, 0) is 42.2 Å². The average molecular weight is 442 g/mol. The molecule has 2 atom stereocenters. The normalized spacial score (nSPS) is 18.3. The van der Waals surface area contributed by atoms with E-state index in [-0.39, 0.29) is 23.2 Å². The summed E-state index contributed by atoms with van der Waals surface area (Å²) in [5.41, 5.74) is 0.944. The second kappa shape index (κ2) is 11.2. The molecule has 2 unspecified atom stereocenters. The van der Waals surface area contributed by atoms with E-state index in [0.717, 1.165) is 24.2 Å². The lowest BCUT2D eigenvalue weighted by molar-refractivity contribution is -0.154. The lowest BCUT2D eigenvalue weighted by atomic mass is 10.1. The molecular formula is C25H31NO4S. The number of hydrogen-bond acceptors (Lipinski definition) is 5. The number of benzene rings is 2. The molecule has 0 bridgehead atoms. The second-order valence-corrected chi connectivity index (χ2v) is 9.22. The van der Waals surface area contributed by atoms with Crippen molar-refractivity contribution in [1.82, 2.24) is 4.90 Å². The Morgan fingerprint density at radius 3 is 2.55 bits per heavy atom. The zero-order valence-electron chi connectivity index (χ0n) is 18.5. The zero-order chi connectivity index (χ0) is 22.2. The highest BCUT2D eigenvalue weighted by atomic mass is 32.2. The van der Waals surface area contributed by atoms with Crippen molar-refractivity contribution in [2.75, 3.05) is 12.4 Å². The number of carbonyl (C=O) groups is 2. The van der Waals surface area contributed by atoms with Crippen molar-refractivity contribution in [2.24, 2.45) is 5.92 Å². The van der Waals surface area contributed by atoms with Gasteiger partial charge in [0.15, 0.2) is 0 Å². The Bertz CT molecular complexity index is 871. The fourth-order valence-electron chi connectivity index (χ4n) is 3.47. The van der Waals surface area contributed by atoms with Gasteiger partial charge in [0.25, 0.3) is 0 Å². The maximum Gasteiger partial charge on any atom is 0.329 e. The minimum atomic E-state index is -0.559. The highest BCUT2D eigenvalue weighted by molar-refractivity contribution is 7.99. The van der Waals surface area contributed by atoms with E-state index in [1.54, 1.807) is 16.7 Å². The Morgan fingerprint density at radius 1 is 1.10 bits per heavy atom. The van der Waals surface area contributed by atoms with Crippen LogP contribution in [0.3, 0.4) is 0 Å². The molecule has 0 N–H and O–H groups in total. The summed E-state index contributed by atoms with van der Waals surface area (Å²) in [6.07, 6.45) is 2.18. The Labute approximate surface area is 189 Å². The molecule has 0 aliphatic carbocycles. The van der Waals surface area contributed by atoms with Crippen LogP contribution in [0.2, 0.25) is 0 Å². The van der Waals surface area contributed by atoms with Crippen LogP contribution in [0.25, 0.3) is 0 Å². The van der Waals surface area contributed by atoms with E-state index in [9.17, 15) is 9.59 Å². The Kier molecular flexibility index (Phi) is 8.41. The number of amides is 1. The summed E-state index contributed by atoms with van der Waals surface area (Å²) in [5.74, 6) is 1.87. The molecule has 1 aliphatic heterocycles. The van der Waals surface area contributed by atoms with E-state index in [4.69, 9.17) is 9.47 Å². The molecule has 0 aromatic heterocycles. The molecule has 6 heteroatoms. The highest BCUT2D eigenvalue weighted by Gasteiger charge is 2.43. The molecular weight excluding hydrogens is 410 g/mol. The largest absolute Gasteiger partial charge is 0.464 e. The van der Waals surface area contributed by atoms with Crippen molar-refractivity contribution in [2.45, 2.75) is 51.4 Å². The summed E-state index contributed by atoms with van der Waals surface area (Å²) in [6.45, 7) is 6.48. The van der Waals surface area contributed by atoms with Crippen LogP contribution in [-0.4, -0.2) is 35.2 Å². The summed E-state index contributed by atoms with van der Waals surface area (Å²) < 4.78 is 11.4. The van der Waals surface area contributed by atoms with Gasteiger partial charge in [0.1, 0.15) is 22.9 Å². The number of thioether (sulfide) groups is 1. The standard InChI is InChI=1S/C25H31NO4S/c1-4-5-14-29-25(28)22-17-31-24(26(22)23(27)15-18(2)3)19-10-9-13-21(16-19)30-20-11-7-6-8-12-20/h6-13,16,18,22,24H,4-5,14-15,17H2,1-3H3. The first-order valence-corrected chi connectivity index (χ1v) is 12.0. The molecule has 1 amide bonds. The van der Waals surface area contributed by atoms with E-state index >= 15 is 0 Å². The minimum absolute atomic E-state index is 0.0168. The number of hydrogen-bond donors (Lipinski definition) is 0. The van der Waals surface area contributed by atoms with Crippen LogP contribution in [0.1, 0.15) is 51.0 Å². The van der Waals surface area contributed by atoms with Crippen LogP contribution in [0, 0.1) is 5.92 Å². The molecule has 5 nitrogen and oxygen atoms in total. The number of esters is 1. The van der Waals surface area contributed by atoms with Crippen molar-refractivity contribution >= 4 is 23.6 Å². The van der Waals surface area contributed by atoms with E-state index in [2.05, 4.69) is 6.92 Å². The van der Waals surface area contributed by atoms with Crippen molar-refractivity contribution < 1.29 is 19.1 Å². The predicted octanol–water partition coefficient (Wildman–Crippen LogP) is 5.81. The molecule has 0 spiro atoms. The first-order chi connectivity index (χ1) is 15.0. The number of ether oxygens (including phenoxy) is 2. The molecule has 2 aromatic carbocycles. The smallest absolute Gasteiger partial charge is 0.329 e. The molecule has 166 valence electrons. The Balaban J connectivity index is 1.82. The highest BCUT2D eigenvalue weighted by Crippen LogP contribution is 2.43. The van der Waals surface area contributed by atoms with Gasteiger partial charge in [0.05, 0.1) is 6.61 Å². The molecule has 1 heterocycles. The molecule has 0 radical (unpaired) electrons. The monoisotopic (exact) mass is 441 g/mol. The number of rotatable bonds is 9. The molecule has 0 saturated carbocycles. The fraction of sp³-hybridized carbons (Fsp3) is 0.440. The molecule has 31 heavy (non-hydrogen) atoms. The number of unbranched alkanes of at least 4 members (excludes halogenated alkanes) is 1. The van der Waals surface area contributed by atoms with E-state index in [1.807, 2.05) is 68.4 Å². The number of para-hydroxylation sites is 1. The second-order valence-electron chi connectivity index (χ2n) is 8.11. The van der Waals surface area contributed by atoms with Gasteiger partial charge in [-0.2, -0.15) is 0 Å². The summed E-state index contributed by atoms with van der Waals surface area (Å²) in [7, 11) is 0. The van der Waals surface area contributed by atoms with Crippen LogP contribution in [0.15, 0.2) is 54.6 Å². The predicted molar refractivity (Wildman–Crippen MR) is 124 cm³/mol. The van der Waals surface area contributed by atoms with Crippen molar-refractivity contribution in [3.8, 4) is 11.5 Å². The molecule has 1 fully saturated rings. The van der Waals surface area contributed by atoms with Crippen molar-refractivity contribution in [1.29, 1.82) is 0 Å². The summed E-state index contributed by atoms with van der Waals surface area (Å²) >= 11 is 1.60. The van der Waals surface area contributed by atoms with Gasteiger partial charge >= 0.3 is 5.97 Å². The van der Waals surface area contributed by atoms with Crippen LogP contribution >= 0.6 is 11.8 Å². The van der Waals surface area contributed by atoms with Crippen LogP contribution < -0.4 is 4.74 Å². The third kappa shape index (κ3) is 6.26. The molecule has 1 saturated heterocycles. The number of nitrogens with zero attached hydrogens (tertiary/aromatic N) is 1. The van der Waals surface area contributed by atoms with E-state index < -0.39 is 6.04 Å². The summed E-state index contributed by atoms with van der Waals surface area (Å²) in [5, 5.41) is -0.241. The fourth-order valence-corrected chi connectivity index (χ4v) is 4.90. The minimum Gasteiger partial charge on any atom is -0.464 e. The van der Waals surface area contributed by atoms with Crippen molar-refractivity contribution in [3.05, 3.63) is 60.2 Å². The van der Waals surface area contributed by atoms with Gasteiger partial charge in [0.2, 0.25) is 5.91 Å². The molecule has 2 aromatic rings. The first kappa shape index (κ1) is 23.2. The van der Waals surface area contributed by atoms with Gasteiger partial charge in [-0.25, -0.2) is 4.79 Å². The van der Waals surface area contributed by atoms with Crippen molar-refractivity contribution in [3.63, 3.8) is 0 Å². The Hall–Kier alpha value is -2.47. The summed E-state index contributed by atoms with van der Waals surface area (Å²) in [6, 6.07) is 16.8. The lowest BCUT2D eigenvalue weighted by Crippen LogP contribution is -2.44. The summed E-state index contributed by atoms with van der Waals surface area (Å²) in [4.78, 5) is 27.6. The SMILES string of the molecule is CCCCOC(=O)C1CSC(c2cccc(Oc3ccccc3)c2)N1C(=O)CC(C)C. The molecule has 3 rings (SSSR count). The maximum absolute atomic E-state index is 13.1. The van der Waals surface area contributed by atoms with Gasteiger partial charge in [-0.3, -0.25) is 4.79 Å². The van der Waals surface area contributed by atoms with Gasteiger partial charge in [0, 0.05) is 12.2 Å². The Morgan fingerprint density at radius 2 is 1.84 bits per heavy atom. The molecule has 1 aliphatic rings. The van der Waals surface area contributed by atoms with Gasteiger partial charge in [-0.1, -0.05) is 57.5 Å². The zero-order valence-corrected chi connectivity index (χ0v) is 19.3. The third-order valence-corrected chi connectivity index (χ3v) is 6.33.